The summed E-state index contributed by atoms with van der Waals surface area (Å²) in [6.45, 7) is 3.25. The number of β-amino-alcohol motifs (C(OH)–C–C–N with tert-alkyl or cyclic N) is 1. The fraction of sp³-hybridized carbons (Fsp3) is 0.300. The van der Waals surface area contributed by atoms with E-state index in [1.165, 1.54) is 17.7 Å². The number of aliphatic hydroxyl groups is 1. The fourth-order valence-corrected chi connectivity index (χ4v) is 3.52. The molecule has 1 fully saturated rings. The van der Waals surface area contributed by atoms with Gasteiger partial charge in [0, 0.05) is 30.8 Å². The highest BCUT2D eigenvalue weighted by Crippen LogP contribution is 2.33. The van der Waals surface area contributed by atoms with Crippen molar-refractivity contribution in [2.45, 2.75) is 32.0 Å². The molecule has 1 saturated heterocycles. The largest absolute Gasteiger partial charge is 0.595 e. The number of hydrogen-bond acceptors (Lipinski definition) is 7. The summed E-state index contributed by atoms with van der Waals surface area (Å²) in [5, 5.41) is 33.5. The maximum Gasteiger partial charge on any atom is 0.244 e. The lowest BCUT2D eigenvalue weighted by atomic mass is 10.1. The van der Waals surface area contributed by atoms with Crippen LogP contribution in [0.3, 0.4) is 0 Å². The Morgan fingerprint density at radius 2 is 2.04 bits per heavy atom. The molecule has 1 aliphatic heterocycles. The summed E-state index contributed by atoms with van der Waals surface area (Å²) in [5.41, 5.74) is 3.10. The van der Waals surface area contributed by atoms with Gasteiger partial charge in [0.2, 0.25) is 11.7 Å². The van der Waals surface area contributed by atoms with Crippen molar-refractivity contribution in [3.63, 3.8) is 0 Å². The molecule has 8 nitrogen and oxygen atoms in total. The van der Waals surface area contributed by atoms with Crippen molar-refractivity contribution in [2.24, 2.45) is 0 Å². The Morgan fingerprint density at radius 1 is 1.25 bits per heavy atom. The fourth-order valence-electron chi connectivity index (χ4n) is 3.52. The van der Waals surface area contributed by atoms with Crippen LogP contribution in [-0.4, -0.2) is 38.0 Å². The number of rotatable bonds is 5. The molecule has 8 heteroatoms. The first-order valence-corrected chi connectivity index (χ1v) is 9.14. The molecule has 2 heterocycles. The molecule has 2 aromatic carbocycles. The number of aromatic nitrogens is 2. The highest BCUT2D eigenvalue weighted by Gasteiger charge is 2.36. The van der Waals surface area contributed by atoms with E-state index in [4.69, 9.17) is 9.73 Å². The standard InChI is InChI=1S/C20H22N4O4/c1-13-5-7-14(8-6-13)11-23-12-17(25)10-18(23)20-21-19(22-28-20)15-3-2-4-16(9-15)24(26)27/h2-9,17-18,24-26H,10-12H2,1H3/t17-,18+/m1/s1. The van der Waals surface area contributed by atoms with Gasteiger partial charge in [-0.1, -0.05) is 47.1 Å². The van der Waals surface area contributed by atoms with Crippen LogP contribution in [0.15, 0.2) is 53.1 Å². The Hall–Kier alpha value is -2.62. The maximum absolute atomic E-state index is 11.2. The average Bonchev–Trinajstić information content (AvgIpc) is 3.30. The smallest absolute Gasteiger partial charge is 0.244 e. The third-order valence-electron chi connectivity index (χ3n) is 4.98. The lowest BCUT2D eigenvalue weighted by Gasteiger charge is -2.21. The Morgan fingerprint density at radius 3 is 2.79 bits per heavy atom. The van der Waals surface area contributed by atoms with Crippen molar-refractivity contribution < 1.29 is 20.1 Å². The third-order valence-corrected chi connectivity index (χ3v) is 4.98. The second kappa shape index (κ2) is 7.78. The number of quaternary nitrogens is 1. The predicted molar refractivity (Wildman–Crippen MR) is 100 cm³/mol. The molecule has 0 aliphatic carbocycles. The van der Waals surface area contributed by atoms with Gasteiger partial charge in [-0.05, 0) is 18.9 Å². The van der Waals surface area contributed by atoms with Gasteiger partial charge in [-0.3, -0.25) is 4.90 Å². The zero-order valence-electron chi connectivity index (χ0n) is 15.4. The first-order chi connectivity index (χ1) is 13.5. The van der Waals surface area contributed by atoms with Gasteiger partial charge in [0.05, 0.1) is 12.1 Å². The van der Waals surface area contributed by atoms with Crippen molar-refractivity contribution in [2.75, 3.05) is 6.54 Å². The Kier molecular flexibility index (Phi) is 5.21. The maximum atomic E-state index is 11.2. The topological polar surface area (TPSA) is 110 Å². The van der Waals surface area contributed by atoms with Gasteiger partial charge >= 0.3 is 0 Å². The van der Waals surface area contributed by atoms with Crippen LogP contribution < -0.4 is 5.23 Å². The van der Waals surface area contributed by atoms with E-state index in [1.807, 2.05) is 6.92 Å². The van der Waals surface area contributed by atoms with Crippen molar-refractivity contribution in [1.29, 1.82) is 0 Å². The first-order valence-electron chi connectivity index (χ1n) is 9.14. The number of aliphatic hydroxyl groups excluding tert-OH is 1. The minimum absolute atomic E-state index is 0.168. The van der Waals surface area contributed by atoms with Crippen LogP contribution in [0.5, 0.6) is 0 Å². The molecule has 0 saturated carbocycles. The van der Waals surface area contributed by atoms with E-state index in [2.05, 4.69) is 39.3 Å². The molecule has 28 heavy (non-hydrogen) atoms. The van der Waals surface area contributed by atoms with E-state index in [0.717, 1.165) is 5.56 Å². The first kappa shape index (κ1) is 18.7. The summed E-state index contributed by atoms with van der Waals surface area (Å²) >= 11 is 0. The summed E-state index contributed by atoms with van der Waals surface area (Å²) in [6.07, 6.45) is 0.0592. The molecule has 1 aromatic heterocycles. The Labute approximate surface area is 162 Å². The monoisotopic (exact) mass is 382 g/mol. The van der Waals surface area contributed by atoms with E-state index in [1.54, 1.807) is 12.1 Å². The van der Waals surface area contributed by atoms with E-state index < -0.39 is 11.3 Å². The van der Waals surface area contributed by atoms with Crippen LogP contribution in [0.25, 0.3) is 11.4 Å². The van der Waals surface area contributed by atoms with Gasteiger partial charge < -0.3 is 14.8 Å². The molecule has 3 aromatic rings. The van der Waals surface area contributed by atoms with Crippen LogP contribution in [-0.2, 0) is 6.54 Å². The zero-order chi connectivity index (χ0) is 19.7. The lowest BCUT2D eigenvalue weighted by Crippen LogP contribution is -2.99. The number of aryl methyl sites for hydroxylation is 1. The number of nitrogens with zero attached hydrogens (tertiary/aromatic N) is 3. The normalized spacial score (nSPS) is 21.1. The van der Waals surface area contributed by atoms with Crippen molar-refractivity contribution in [3.8, 4) is 11.4 Å². The Bertz CT molecular complexity index is 941. The van der Waals surface area contributed by atoms with Crippen molar-refractivity contribution in [1.82, 2.24) is 15.0 Å². The van der Waals surface area contributed by atoms with E-state index in [0.29, 0.717) is 36.8 Å². The van der Waals surface area contributed by atoms with Crippen LogP contribution in [0.4, 0.5) is 5.69 Å². The molecule has 3 N–H and O–H groups in total. The minimum Gasteiger partial charge on any atom is -0.595 e. The van der Waals surface area contributed by atoms with Crippen LogP contribution >= 0.6 is 0 Å². The van der Waals surface area contributed by atoms with Crippen LogP contribution in [0.2, 0.25) is 0 Å². The Balaban J connectivity index is 1.56. The van der Waals surface area contributed by atoms with Crippen molar-refractivity contribution in [3.05, 3.63) is 70.8 Å². The molecule has 1 aliphatic rings. The molecule has 0 spiro atoms. The number of hydrogen-bond donors (Lipinski definition) is 3. The second-order valence-corrected chi connectivity index (χ2v) is 7.16. The van der Waals surface area contributed by atoms with Gasteiger partial charge in [-0.15, -0.1) is 0 Å². The summed E-state index contributed by atoms with van der Waals surface area (Å²) < 4.78 is 5.48. The molecule has 1 unspecified atom stereocenters. The number of benzene rings is 2. The average molecular weight is 382 g/mol. The van der Waals surface area contributed by atoms with Gasteiger partial charge in [-0.25, -0.2) is 5.21 Å². The van der Waals surface area contributed by atoms with E-state index in [9.17, 15) is 10.3 Å². The van der Waals surface area contributed by atoms with Gasteiger partial charge in [0.1, 0.15) is 0 Å². The number of nitrogens with one attached hydrogen (secondary N) is 1. The van der Waals surface area contributed by atoms with E-state index in [-0.39, 0.29) is 11.7 Å². The molecule has 3 atom stereocenters. The zero-order valence-corrected chi connectivity index (χ0v) is 15.4. The SMILES string of the molecule is Cc1ccc(CN2C[C@H](O)C[C@H]2c2nc(-c3cccc([NH+]([O-])O)c3)no2)cc1. The molecule has 0 bridgehead atoms. The van der Waals surface area contributed by atoms with E-state index >= 15 is 0 Å². The highest BCUT2D eigenvalue weighted by molar-refractivity contribution is 5.58. The second-order valence-electron chi connectivity index (χ2n) is 7.16. The van der Waals surface area contributed by atoms with Gasteiger partial charge in [0.15, 0.2) is 5.69 Å². The lowest BCUT2D eigenvalue weighted by molar-refractivity contribution is -0.991. The third kappa shape index (κ3) is 3.96. The van der Waals surface area contributed by atoms with Gasteiger partial charge in [-0.2, -0.15) is 10.2 Å². The molecule has 146 valence electrons. The molecular formula is C20H22N4O4. The summed E-state index contributed by atoms with van der Waals surface area (Å²) in [5.74, 6) is 0.772. The van der Waals surface area contributed by atoms with Crippen molar-refractivity contribution >= 4 is 5.69 Å². The summed E-state index contributed by atoms with van der Waals surface area (Å²) in [4.78, 5) is 6.61. The quantitative estimate of drug-likeness (QED) is 0.577. The highest BCUT2D eigenvalue weighted by atomic mass is 16.8. The van der Waals surface area contributed by atoms with Gasteiger partial charge in [0.25, 0.3) is 0 Å². The minimum atomic E-state index is -1.01. The van der Waals surface area contributed by atoms with Crippen LogP contribution in [0.1, 0.15) is 29.5 Å². The molecular weight excluding hydrogens is 360 g/mol. The number of likely N-dealkylation sites (tertiary alicyclic amines) is 1. The predicted octanol–water partition coefficient (Wildman–Crippen LogP) is 1.76. The molecule has 4 rings (SSSR count). The molecule has 0 amide bonds. The summed E-state index contributed by atoms with van der Waals surface area (Å²) in [6, 6.07) is 14.5. The summed E-state index contributed by atoms with van der Waals surface area (Å²) in [7, 11) is 0. The molecule has 0 radical (unpaired) electrons. The van der Waals surface area contributed by atoms with Crippen LogP contribution in [0, 0.1) is 12.1 Å².